The number of nitrogens with two attached hydrogens (primary N) is 1. The highest BCUT2D eigenvalue weighted by Crippen LogP contribution is 2.34. The number of amides is 1. The Labute approximate surface area is 127 Å². The van der Waals surface area contributed by atoms with Crippen LogP contribution in [0.5, 0.6) is 0 Å². The van der Waals surface area contributed by atoms with Gasteiger partial charge in [-0.3, -0.25) is 4.90 Å². The quantitative estimate of drug-likeness (QED) is 0.770. The van der Waals surface area contributed by atoms with E-state index in [4.69, 9.17) is 10.5 Å². The van der Waals surface area contributed by atoms with E-state index in [1.807, 2.05) is 32.9 Å². The number of hydrogen-bond donors (Lipinski definition) is 1. The van der Waals surface area contributed by atoms with Gasteiger partial charge in [0.05, 0.1) is 11.7 Å². The molecule has 1 aromatic carbocycles. The summed E-state index contributed by atoms with van der Waals surface area (Å²) in [6, 6.07) is 6.11. The van der Waals surface area contributed by atoms with Gasteiger partial charge in [-0.15, -0.1) is 0 Å². The largest absolute Gasteiger partial charge is 0.443 e. The van der Waals surface area contributed by atoms with Crippen LogP contribution in [0.2, 0.25) is 0 Å². The number of anilines is 1. The van der Waals surface area contributed by atoms with E-state index in [0.717, 1.165) is 21.2 Å². The lowest BCUT2D eigenvalue weighted by Crippen LogP contribution is -2.44. The fourth-order valence-electron chi connectivity index (χ4n) is 2.22. The Hall–Kier alpha value is -0.820. The summed E-state index contributed by atoms with van der Waals surface area (Å²) < 4.78 is 6.58. The molecule has 0 aromatic heterocycles. The number of carbonyl (C=O) groups is 1. The standard InChI is InChI=1S/C14H19IN2O2/c1-14(2,3)19-13(18)17-11(8-16)6-9-4-5-10(15)7-12(9)17/h4-5,7,11H,6,8,16H2,1-3H3. The van der Waals surface area contributed by atoms with E-state index in [0.29, 0.717) is 6.54 Å². The van der Waals surface area contributed by atoms with Crippen molar-refractivity contribution in [2.75, 3.05) is 11.4 Å². The summed E-state index contributed by atoms with van der Waals surface area (Å²) >= 11 is 2.24. The molecule has 0 saturated heterocycles. The summed E-state index contributed by atoms with van der Waals surface area (Å²) in [4.78, 5) is 14.0. The number of carbonyl (C=O) groups excluding carboxylic acids is 1. The smallest absolute Gasteiger partial charge is 0.415 e. The molecule has 1 aromatic rings. The predicted octanol–water partition coefficient (Wildman–Crippen LogP) is 2.92. The molecule has 1 atom stereocenters. The zero-order valence-electron chi connectivity index (χ0n) is 11.4. The SMILES string of the molecule is CC(C)(C)OC(=O)N1c2cc(I)ccc2CC1CN. The predicted molar refractivity (Wildman–Crippen MR) is 84.4 cm³/mol. The lowest BCUT2D eigenvalue weighted by Gasteiger charge is -2.28. The van der Waals surface area contributed by atoms with Gasteiger partial charge in [0.15, 0.2) is 0 Å². The molecule has 1 unspecified atom stereocenters. The van der Waals surface area contributed by atoms with Crippen molar-refractivity contribution < 1.29 is 9.53 Å². The normalized spacial score (nSPS) is 18.4. The van der Waals surface area contributed by atoms with Crippen LogP contribution in [-0.2, 0) is 11.2 Å². The third-order valence-corrected chi connectivity index (χ3v) is 3.66. The zero-order valence-corrected chi connectivity index (χ0v) is 13.6. The number of fused-ring (bicyclic) bond motifs is 1. The van der Waals surface area contributed by atoms with Crippen molar-refractivity contribution in [3.8, 4) is 0 Å². The van der Waals surface area contributed by atoms with Gasteiger partial charge in [0.2, 0.25) is 0 Å². The van der Waals surface area contributed by atoms with Crippen LogP contribution in [0, 0.1) is 3.57 Å². The Morgan fingerprint density at radius 1 is 1.53 bits per heavy atom. The Balaban J connectivity index is 2.32. The summed E-state index contributed by atoms with van der Waals surface area (Å²) in [5, 5.41) is 0. The average Bonchev–Trinajstić information content (AvgIpc) is 2.64. The second-order valence-electron chi connectivity index (χ2n) is 5.72. The van der Waals surface area contributed by atoms with Gasteiger partial charge < -0.3 is 10.5 Å². The maximum absolute atomic E-state index is 12.3. The Morgan fingerprint density at radius 3 is 2.79 bits per heavy atom. The molecule has 2 N–H and O–H groups in total. The van der Waals surface area contributed by atoms with Crippen LogP contribution in [-0.4, -0.2) is 24.3 Å². The fourth-order valence-corrected chi connectivity index (χ4v) is 2.70. The van der Waals surface area contributed by atoms with Gasteiger partial charge in [-0.2, -0.15) is 0 Å². The maximum Gasteiger partial charge on any atom is 0.415 e. The first kappa shape index (κ1) is 14.6. The molecule has 5 heteroatoms. The Kier molecular flexibility index (Phi) is 4.06. The van der Waals surface area contributed by atoms with Crippen molar-refractivity contribution >= 4 is 34.4 Å². The summed E-state index contributed by atoms with van der Waals surface area (Å²) in [6.45, 7) is 6.04. The van der Waals surface area contributed by atoms with E-state index < -0.39 is 5.60 Å². The molecule has 0 aliphatic carbocycles. The highest BCUT2D eigenvalue weighted by atomic mass is 127. The van der Waals surface area contributed by atoms with Crippen molar-refractivity contribution in [3.05, 3.63) is 27.3 Å². The van der Waals surface area contributed by atoms with Crippen molar-refractivity contribution in [3.63, 3.8) is 0 Å². The number of halogens is 1. The third-order valence-electron chi connectivity index (χ3n) is 2.99. The van der Waals surface area contributed by atoms with E-state index in [9.17, 15) is 4.79 Å². The van der Waals surface area contributed by atoms with E-state index in [2.05, 4.69) is 28.7 Å². The second kappa shape index (κ2) is 5.28. The number of benzene rings is 1. The lowest BCUT2D eigenvalue weighted by molar-refractivity contribution is 0.0571. The van der Waals surface area contributed by atoms with E-state index in [-0.39, 0.29) is 12.1 Å². The van der Waals surface area contributed by atoms with Crippen LogP contribution < -0.4 is 10.6 Å². The van der Waals surface area contributed by atoms with E-state index >= 15 is 0 Å². The summed E-state index contributed by atoms with van der Waals surface area (Å²) in [7, 11) is 0. The Bertz CT molecular complexity index is 497. The van der Waals surface area contributed by atoms with Crippen LogP contribution in [0.4, 0.5) is 10.5 Å². The van der Waals surface area contributed by atoms with Crippen LogP contribution >= 0.6 is 22.6 Å². The highest BCUT2D eigenvalue weighted by Gasteiger charge is 2.35. The van der Waals surface area contributed by atoms with Crippen LogP contribution in [0.25, 0.3) is 0 Å². The number of nitrogens with zero attached hydrogens (tertiary/aromatic N) is 1. The summed E-state index contributed by atoms with van der Waals surface area (Å²) in [5.74, 6) is 0. The van der Waals surface area contributed by atoms with Gasteiger partial charge in [0.1, 0.15) is 5.60 Å². The molecular formula is C14H19IN2O2. The van der Waals surface area contributed by atoms with Gasteiger partial charge >= 0.3 is 6.09 Å². The van der Waals surface area contributed by atoms with Crippen molar-refractivity contribution in [1.82, 2.24) is 0 Å². The first-order valence-corrected chi connectivity index (χ1v) is 7.40. The first-order valence-electron chi connectivity index (χ1n) is 6.32. The summed E-state index contributed by atoms with van der Waals surface area (Å²) in [5.41, 5.74) is 7.37. The molecule has 2 rings (SSSR count). The minimum absolute atomic E-state index is 0.0111. The minimum atomic E-state index is -0.499. The highest BCUT2D eigenvalue weighted by molar-refractivity contribution is 14.1. The molecule has 0 fully saturated rings. The molecule has 1 heterocycles. The molecule has 104 valence electrons. The Morgan fingerprint density at radius 2 is 2.21 bits per heavy atom. The van der Waals surface area contributed by atoms with Crippen LogP contribution in [0.3, 0.4) is 0 Å². The number of rotatable bonds is 1. The van der Waals surface area contributed by atoms with Crippen molar-refractivity contribution in [2.24, 2.45) is 5.73 Å². The van der Waals surface area contributed by atoms with E-state index in [1.165, 1.54) is 0 Å². The molecule has 0 radical (unpaired) electrons. The maximum atomic E-state index is 12.3. The van der Waals surface area contributed by atoms with Gasteiger partial charge in [0.25, 0.3) is 0 Å². The molecule has 0 saturated carbocycles. The molecular weight excluding hydrogens is 355 g/mol. The number of ether oxygens (including phenoxy) is 1. The molecule has 19 heavy (non-hydrogen) atoms. The molecule has 1 aliphatic rings. The van der Waals surface area contributed by atoms with Crippen molar-refractivity contribution in [1.29, 1.82) is 0 Å². The summed E-state index contributed by atoms with van der Waals surface area (Å²) in [6.07, 6.45) is 0.478. The molecule has 0 spiro atoms. The van der Waals surface area contributed by atoms with Gasteiger partial charge in [-0.1, -0.05) is 6.07 Å². The topological polar surface area (TPSA) is 55.6 Å². The third kappa shape index (κ3) is 3.20. The first-order chi connectivity index (χ1) is 8.81. The fraction of sp³-hybridized carbons (Fsp3) is 0.500. The molecule has 4 nitrogen and oxygen atoms in total. The van der Waals surface area contributed by atoms with Gasteiger partial charge in [-0.05, 0) is 67.5 Å². The minimum Gasteiger partial charge on any atom is -0.443 e. The van der Waals surface area contributed by atoms with Gasteiger partial charge in [0, 0.05) is 10.1 Å². The average molecular weight is 374 g/mol. The van der Waals surface area contributed by atoms with Crippen LogP contribution in [0.1, 0.15) is 26.3 Å². The molecule has 1 amide bonds. The van der Waals surface area contributed by atoms with Crippen LogP contribution in [0.15, 0.2) is 18.2 Å². The lowest BCUT2D eigenvalue weighted by atomic mass is 10.1. The zero-order chi connectivity index (χ0) is 14.2. The van der Waals surface area contributed by atoms with Gasteiger partial charge in [-0.25, -0.2) is 4.79 Å². The second-order valence-corrected chi connectivity index (χ2v) is 6.96. The monoisotopic (exact) mass is 374 g/mol. The van der Waals surface area contributed by atoms with Crippen molar-refractivity contribution in [2.45, 2.75) is 38.8 Å². The van der Waals surface area contributed by atoms with E-state index in [1.54, 1.807) is 4.90 Å². The number of hydrogen-bond acceptors (Lipinski definition) is 3. The molecule has 0 bridgehead atoms. The molecule has 1 aliphatic heterocycles.